The summed E-state index contributed by atoms with van der Waals surface area (Å²) in [6.45, 7) is 12.6. The predicted molar refractivity (Wildman–Crippen MR) is 71.9 cm³/mol. The van der Waals surface area contributed by atoms with Crippen LogP contribution in [0.4, 0.5) is 10.6 Å². The summed E-state index contributed by atoms with van der Waals surface area (Å²) < 4.78 is 6.40. The van der Waals surface area contributed by atoms with E-state index >= 15 is 0 Å². The summed E-state index contributed by atoms with van der Waals surface area (Å²) in [6.07, 6.45) is -0.578. The summed E-state index contributed by atoms with van der Waals surface area (Å²) >= 11 is 0. The van der Waals surface area contributed by atoms with Crippen molar-refractivity contribution in [2.45, 2.75) is 32.9 Å². The van der Waals surface area contributed by atoms with Crippen LogP contribution in [-0.4, -0.2) is 33.9 Å². The highest BCUT2D eigenvalue weighted by Gasteiger charge is 2.18. The molecule has 0 saturated heterocycles. The van der Waals surface area contributed by atoms with Gasteiger partial charge in [-0.15, -0.1) is 0 Å². The fraction of sp³-hybridized carbons (Fsp3) is 0.462. The van der Waals surface area contributed by atoms with E-state index in [0.717, 1.165) is 0 Å². The number of carboxylic acids is 1. The molecule has 0 aromatic carbocycles. The highest BCUT2D eigenvalue weighted by Crippen LogP contribution is 2.17. The van der Waals surface area contributed by atoms with Crippen LogP contribution < -0.4 is 5.32 Å². The molecule has 0 atom stereocenters. The number of rotatable bonds is 4. The number of aromatic carboxylic acids is 1. The Balaban J connectivity index is 2.63. The minimum absolute atomic E-state index is 0.0157. The molecule has 0 aliphatic heterocycles. The van der Waals surface area contributed by atoms with Gasteiger partial charge in [-0.3, -0.25) is 4.57 Å². The number of nitrogens with one attached hydrogen (secondary N) is 1. The normalized spacial score (nSPS) is 10.7. The third-order valence-corrected chi connectivity index (χ3v) is 2.29. The van der Waals surface area contributed by atoms with Crippen molar-refractivity contribution in [3.63, 3.8) is 0 Å². The Bertz CT molecular complexity index is 549. The number of alkyl carbamates (subject to hydrolysis) is 1. The van der Waals surface area contributed by atoms with Gasteiger partial charge in [-0.2, -0.15) is 0 Å². The van der Waals surface area contributed by atoms with Crippen molar-refractivity contribution < 1.29 is 19.4 Å². The van der Waals surface area contributed by atoms with E-state index in [2.05, 4.69) is 10.2 Å². The maximum Gasteiger partial charge on any atom is 0.407 e. The van der Waals surface area contributed by atoms with Gasteiger partial charge < -0.3 is 20.0 Å². The van der Waals surface area contributed by atoms with E-state index in [-0.39, 0.29) is 24.6 Å². The van der Waals surface area contributed by atoms with Crippen molar-refractivity contribution in [2.75, 3.05) is 6.54 Å². The lowest BCUT2D eigenvalue weighted by Crippen LogP contribution is -2.34. The van der Waals surface area contributed by atoms with Crippen LogP contribution in [0.15, 0.2) is 12.1 Å². The lowest BCUT2D eigenvalue weighted by atomic mass is 10.2. The third-order valence-electron chi connectivity index (χ3n) is 2.29. The first kappa shape index (κ1) is 15.6. The lowest BCUT2D eigenvalue weighted by Gasteiger charge is -2.19. The molecule has 7 heteroatoms. The fourth-order valence-corrected chi connectivity index (χ4v) is 1.56. The minimum Gasteiger partial charge on any atom is -0.475 e. The number of aromatic nitrogens is 1. The molecule has 1 amide bonds. The van der Waals surface area contributed by atoms with Crippen LogP contribution in [0.5, 0.6) is 0 Å². The zero-order chi connectivity index (χ0) is 15.3. The summed E-state index contributed by atoms with van der Waals surface area (Å²) in [5.74, 6) is -0.898. The molecule has 1 rings (SSSR count). The quantitative estimate of drug-likeness (QED) is 0.828. The van der Waals surface area contributed by atoms with E-state index in [1.807, 2.05) is 0 Å². The van der Waals surface area contributed by atoms with E-state index in [0.29, 0.717) is 0 Å². The van der Waals surface area contributed by atoms with Gasteiger partial charge >= 0.3 is 12.1 Å². The molecule has 0 bridgehead atoms. The maximum absolute atomic E-state index is 11.4. The first-order valence-corrected chi connectivity index (χ1v) is 6.01. The molecule has 0 aliphatic rings. The van der Waals surface area contributed by atoms with Crippen molar-refractivity contribution in [1.82, 2.24) is 9.88 Å². The second-order valence-electron chi connectivity index (χ2n) is 5.07. The summed E-state index contributed by atoms with van der Waals surface area (Å²) in [6, 6.07) is 2.80. The van der Waals surface area contributed by atoms with Crippen LogP contribution in [0.3, 0.4) is 0 Å². The van der Waals surface area contributed by atoms with Crippen molar-refractivity contribution in [2.24, 2.45) is 0 Å². The van der Waals surface area contributed by atoms with Gasteiger partial charge in [0.25, 0.3) is 0 Å². The SMILES string of the molecule is [C-]#[N+]c1ccc(C(=O)O)n1CCNC(=O)OC(C)(C)C. The molecule has 1 aromatic rings. The van der Waals surface area contributed by atoms with Gasteiger partial charge in [0, 0.05) is 0 Å². The number of nitrogens with zero attached hydrogens (tertiary/aromatic N) is 2. The minimum atomic E-state index is -1.11. The largest absolute Gasteiger partial charge is 0.475 e. The van der Waals surface area contributed by atoms with Crippen molar-refractivity contribution >= 4 is 17.9 Å². The number of amides is 1. The molecular formula is C13H17N3O4. The monoisotopic (exact) mass is 279 g/mol. The van der Waals surface area contributed by atoms with Gasteiger partial charge in [0.2, 0.25) is 5.82 Å². The number of ether oxygens (including phenoxy) is 1. The standard InChI is InChI=1S/C13H17N3O4/c1-13(2,3)20-12(19)15-7-8-16-9(11(17)18)5-6-10(16)14-4/h5-6H,7-8H2,1-3H3,(H,15,19)(H,17,18). The number of hydrogen-bond donors (Lipinski definition) is 2. The molecule has 1 heterocycles. The smallest absolute Gasteiger partial charge is 0.407 e. The van der Waals surface area contributed by atoms with Gasteiger partial charge in [0.1, 0.15) is 5.60 Å². The molecule has 7 nitrogen and oxygen atoms in total. The molecule has 0 saturated carbocycles. The highest BCUT2D eigenvalue weighted by molar-refractivity contribution is 5.87. The topological polar surface area (TPSA) is 84.9 Å². The third kappa shape index (κ3) is 4.31. The van der Waals surface area contributed by atoms with Crippen molar-refractivity contribution in [1.29, 1.82) is 0 Å². The van der Waals surface area contributed by atoms with Gasteiger partial charge in [0.05, 0.1) is 13.1 Å². The molecule has 1 aromatic heterocycles. The van der Waals surface area contributed by atoms with E-state index in [1.165, 1.54) is 16.7 Å². The average Bonchev–Trinajstić information content (AvgIpc) is 2.69. The highest BCUT2D eigenvalue weighted by atomic mass is 16.6. The van der Waals surface area contributed by atoms with Crippen LogP contribution in [-0.2, 0) is 11.3 Å². The van der Waals surface area contributed by atoms with Crippen LogP contribution in [0.25, 0.3) is 4.85 Å². The zero-order valence-electron chi connectivity index (χ0n) is 11.6. The number of carbonyl (C=O) groups is 2. The van der Waals surface area contributed by atoms with Crippen LogP contribution >= 0.6 is 0 Å². The second kappa shape index (κ2) is 6.10. The molecule has 0 radical (unpaired) electrons. The molecule has 0 aliphatic carbocycles. The lowest BCUT2D eigenvalue weighted by molar-refractivity contribution is 0.0526. The Morgan fingerprint density at radius 1 is 1.45 bits per heavy atom. The summed E-state index contributed by atoms with van der Waals surface area (Å²) in [7, 11) is 0. The second-order valence-corrected chi connectivity index (χ2v) is 5.07. The van der Waals surface area contributed by atoms with Gasteiger partial charge in [0.15, 0.2) is 5.69 Å². The molecular weight excluding hydrogens is 262 g/mol. The van der Waals surface area contributed by atoms with Gasteiger partial charge in [-0.1, -0.05) is 6.57 Å². The number of carbonyl (C=O) groups excluding carboxylic acids is 1. The molecule has 2 N–H and O–H groups in total. The summed E-state index contributed by atoms with van der Waals surface area (Å²) in [5, 5.41) is 11.5. The summed E-state index contributed by atoms with van der Waals surface area (Å²) in [4.78, 5) is 25.7. The van der Waals surface area contributed by atoms with Gasteiger partial charge in [-0.05, 0) is 32.9 Å². The van der Waals surface area contributed by atoms with E-state index < -0.39 is 17.7 Å². The van der Waals surface area contributed by atoms with E-state index in [1.54, 1.807) is 20.8 Å². The molecule has 0 unspecified atom stereocenters. The first-order chi connectivity index (χ1) is 9.24. The van der Waals surface area contributed by atoms with Crippen molar-refractivity contribution in [3.8, 4) is 0 Å². The Kier molecular flexibility index (Phi) is 4.75. The zero-order valence-corrected chi connectivity index (χ0v) is 11.6. The molecule has 20 heavy (non-hydrogen) atoms. The molecule has 0 fully saturated rings. The Labute approximate surface area is 117 Å². The fourth-order valence-electron chi connectivity index (χ4n) is 1.56. The van der Waals surface area contributed by atoms with Crippen molar-refractivity contribution in [3.05, 3.63) is 29.2 Å². The number of carboxylic acid groups (broad SMARTS) is 1. The Morgan fingerprint density at radius 2 is 2.10 bits per heavy atom. The Morgan fingerprint density at radius 3 is 2.60 bits per heavy atom. The molecule has 0 spiro atoms. The average molecular weight is 279 g/mol. The van der Waals surface area contributed by atoms with Crippen LogP contribution in [0, 0.1) is 6.57 Å². The predicted octanol–water partition coefficient (Wildman–Crippen LogP) is 2.26. The van der Waals surface area contributed by atoms with Crippen LogP contribution in [0.2, 0.25) is 0 Å². The van der Waals surface area contributed by atoms with Gasteiger partial charge in [-0.25, -0.2) is 9.59 Å². The summed E-state index contributed by atoms with van der Waals surface area (Å²) in [5.41, 5.74) is -0.576. The first-order valence-electron chi connectivity index (χ1n) is 6.01. The van der Waals surface area contributed by atoms with E-state index in [9.17, 15) is 9.59 Å². The van der Waals surface area contributed by atoms with E-state index in [4.69, 9.17) is 16.4 Å². The maximum atomic E-state index is 11.4. The Hall–Kier alpha value is -2.49. The number of hydrogen-bond acceptors (Lipinski definition) is 3. The molecule has 108 valence electrons. The van der Waals surface area contributed by atoms with Crippen LogP contribution in [0.1, 0.15) is 31.3 Å².